The van der Waals surface area contributed by atoms with Gasteiger partial charge in [-0.15, -0.1) is 11.3 Å². The van der Waals surface area contributed by atoms with Crippen molar-refractivity contribution in [1.29, 1.82) is 0 Å². The predicted molar refractivity (Wildman–Crippen MR) is 161 cm³/mol. The van der Waals surface area contributed by atoms with E-state index in [9.17, 15) is 37.5 Å². The van der Waals surface area contributed by atoms with Crippen LogP contribution in [0.5, 0.6) is 5.75 Å². The second kappa shape index (κ2) is 12.4. The summed E-state index contributed by atoms with van der Waals surface area (Å²) in [5, 5.41) is 3.28. The first-order chi connectivity index (χ1) is 21.5. The van der Waals surface area contributed by atoms with E-state index in [2.05, 4.69) is 10.3 Å². The van der Waals surface area contributed by atoms with Crippen LogP contribution in [0, 0.1) is 5.82 Å². The number of hydrogen-bond donors (Lipinski definition) is 3. The van der Waals surface area contributed by atoms with Crippen LogP contribution < -0.4 is 10.1 Å². The summed E-state index contributed by atoms with van der Waals surface area (Å²) in [6.07, 6.45) is 5.69. The molecule has 3 aliphatic heterocycles. The van der Waals surface area contributed by atoms with Crippen LogP contribution in [-0.2, 0) is 14.2 Å². The summed E-state index contributed by atoms with van der Waals surface area (Å²) in [6.45, 7) is 2.78. The molecule has 0 spiro atoms. The lowest BCUT2D eigenvalue weighted by Crippen LogP contribution is -2.58. The number of fused-ring (bicyclic) bond motifs is 2. The van der Waals surface area contributed by atoms with Gasteiger partial charge in [-0.2, -0.15) is 0 Å². The average molecular weight is 663 g/mol. The Hall–Kier alpha value is -3.45. The van der Waals surface area contributed by atoms with Gasteiger partial charge in [0.2, 0.25) is 17.7 Å². The molecule has 3 saturated heterocycles. The summed E-state index contributed by atoms with van der Waals surface area (Å²) in [5.74, 6) is -3.97. The number of hydrogen-bond acceptors (Lipinski definition) is 7. The molecule has 6 rings (SSSR count). The highest BCUT2D eigenvalue weighted by atomic mass is 32.1. The summed E-state index contributed by atoms with van der Waals surface area (Å²) >= 11 is 1.12. The van der Waals surface area contributed by atoms with E-state index in [0.29, 0.717) is 67.5 Å². The van der Waals surface area contributed by atoms with E-state index in [1.807, 2.05) is 0 Å². The first kappa shape index (κ1) is 31.5. The molecule has 0 saturated carbocycles. The van der Waals surface area contributed by atoms with Crippen molar-refractivity contribution >= 4 is 46.7 Å². The fourth-order valence-corrected chi connectivity index (χ4v) is 8.07. The Morgan fingerprint density at radius 3 is 2.69 bits per heavy atom. The maximum atomic E-state index is 14.3. The number of pyridine rings is 1. The molecular formula is C30H33F2N4O7PS. The highest BCUT2D eigenvalue weighted by Crippen LogP contribution is 2.53. The Labute approximate surface area is 261 Å². The van der Waals surface area contributed by atoms with Crippen LogP contribution in [-0.4, -0.2) is 80.1 Å². The topological polar surface area (TPSA) is 149 Å². The molecule has 3 fully saturated rings. The molecule has 0 radical (unpaired) electrons. The third-order valence-corrected chi connectivity index (χ3v) is 10.8. The maximum absolute atomic E-state index is 14.3. The second-order valence-electron chi connectivity index (χ2n) is 11.7. The second-order valence-corrected chi connectivity index (χ2v) is 14.4. The van der Waals surface area contributed by atoms with Crippen molar-refractivity contribution in [3.63, 3.8) is 0 Å². The zero-order chi connectivity index (χ0) is 32.0. The van der Waals surface area contributed by atoms with Crippen molar-refractivity contribution in [3.05, 3.63) is 58.5 Å². The van der Waals surface area contributed by atoms with Gasteiger partial charge in [0.25, 0.3) is 5.91 Å². The van der Waals surface area contributed by atoms with Crippen LogP contribution in [0.25, 0.3) is 10.1 Å². The van der Waals surface area contributed by atoms with Crippen LogP contribution >= 0.6 is 18.9 Å². The van der Waals surface area contributed by atoms with Gasteiger partial charge in [0.05, 0.1) is 17.7 Å². The van der Waals surface area contributed by atoms with E-state index in [0.717, 1.165) is 17.5 Å². The Bertz CT molecular complexity index is 1690. The molecule has 2 aromatic heterocycles. The van der Waals surface area contributed by atoms with Crippen LogP contribution in [0.15, 0.2) is 36.7 Å². The number of thiophene rings is 1. The van der Waals surface area contributed by atoms with Crippen molar-refractivity contribution < 1.29 is 42.3 Å². The molecule has 4 atom stereocenters. The Kier molecular flexibility index (Phi) is 8.68. The number of carbonyl (C=O) groups is 3. The van der Waals surface area contributed by atoms with Gasteiger partial charge in [-0.05, 0) is 68.2 Å². The summed E-state index contributed by atoms with van der Waals surface area (Å²) in [5.41, 5.74) is 0.425. The van der Waals surface area contributed by atoms with E-state index in [4.69, 9.17) is 4.74 Å². The van der Waals surface area contributed by atoms with Crippen LogP contribution in [0.2, 0.25) is 0 Å². The SMILES string of the molecule is CCOc1c(F)cncc1C1CN(C(=O)[C@@H]2CC[C@@H]3CCC[C@H](NC(=O)c4cc5cc([C@@H](F)P(=O)(O)O)ccc5s4)C(=O)N32)C1. The number of nitrogens with zero attached hydrogens (tertiary/aromatic N) is 3. The van der Waals surface area contributed by atoms with Crippen LogP contribution in [0.4, 0.5) is 8.78 Å². The first-order valence-electron chi connectivity index (χ1n) is 14.9. The lowest BCUT2D eigenvalue weighted by atomic mass is 9.91. The minimum absolute atomic E-state index is 0.104. The van der Waals surface area contributed by atoms with E-state index in [-0.39, 0.29) is 40.0 Å². The van der Waals surface area contributed by atoms with Gasteiger partial charge in [0.1, 0.15) is 12.1 Å². The molecule has 11 nitrogen and oxygen atoms in total. The molecule has 15 heteroatoms. The molecule has 3 N–H and O–H groups in total. The van der Waals surface area contributed by atoms with Gasteiger partial charge in [0.15, 0.2) is 11.6 Å². The number of nitrogens with one attached hydrogen (secondary N) is 1. The van der Waals surface area contributed by atoms with Gasteiger partial charge in [-0.1, -0.05) is 6.07 Å². The van der Waals surface area contributed by atoms with Crippen molar-refractivity contribution in [2.24, 2.45) is 0 Å². The number of halogens is 2. The predicted octanol–water partition coefficient (Wildman–Crippen LogP) is 4.25. The zero-order valence-corrected chi connectivity index (χ0v) is 26.1. The standard InChI is InChI=1S/C30H33F2N4O7PS/c1-2-43-26-20(12-33-13-21(26)31)18-14-35(15-18)30(39)23-8-7-19-4-3-5-22(29(38)36(19)23)34-28(37)25-11-17-10-16(6-9-24(17)45-25)27(32)44(40,41)42/h6,9-13,18-19,22-23,27H,2-5,7-8,14-15H2,1H3,(H,34,37)(H2,40,41,42)/t19-,22-,23-,27-/m0/s1. The van der Waals surface area contributed by atoms with Crippen LogP contribution in [0.3, 0.4) is 0 Å². The number of alkyl halides is 1. The Morgan fingerprint density at radius 1 is 1.18 bits per heavy atom. The van der Waals surface area contributed by atoms with Crippen molar-refractivity contribution in [2.45, 2.75) is 69.0 Å². The van der Waals surface area contributed by atoms with Crippen molar-refractivity contribution in [1.82, 2.24) is 20.1 Å². The summed E-state index contributed by atoms with van der Waals surface area (Å²) in [6, 6.07) is 3.99. The number of likely N-dealkylation sites (tertiary alicyclic amines) is 1. The number of ether oxygens (including phenoxy) is 1. The number of rotatable bonds is 8. The fraction of sp³-hybridized carbons (Fsp3) is 0.467. The number of amides is 3. The molecule has 0 bridgehead atoms. The van der Waals surface area contributed by atoms with E-state index >= 15 is 0 Å². The van der Waals surface area contributed by atoms with E-state index in [1.54, 1.807) is 22.9 Å². The molecule has 3 aromatic rings. The molecule has 45 heavy (non-hydrogen) atoms. The third-order valence-electron chi connectivity index (χ3n) is 8.81. The Balaban J connectivity index is 1.13. The molecule has 0 aliphatic carbocycles. The molecule has 1 aromatic carbocycles. The number of benzene rings is 1. The van der Waals surface area contributed by atoms with Gasteiger partial charge in [-0.25, -0.2) is 8.78 Å². The minimum Gasteiger partial charge on any atom is -0.490 e. The minimum atomic E-state index is -4.99. The number of carbonyl (C=O) groups excluding carboxylic acids is 3. The van der Waals surface area contributed by atoms with Gasteiger partial charge in [0, 0.05) is 41.5 Å². The summed E-state index contributed by atoms with van der Waals surface area (Å²) < 4.78 is 46.0. The van der Waals surface area contributed by atoms with E-state index < -0.39 is 37.3 Å². The maximum Gasteiger partial charge on any atom is 0.363 e. The normalized spacial score (nSPS) is 23.0. The summed E-state index contributed by atoms with van der Waals surface area (Å²) in [7, 11) is -4.99. The third kappa shape index (κ3) is 6.08. The quantitative estimate of drug-likeness (QED) is 0.303. The molecular weight excluding hydrogens is 629 g/mol. The zero-order valence-electron chi connectivity index (χ0n) is 24.4. The smallest absolute Gasteiger partial charge is 0.363 e. The Morgan fingerprint density at radius 2 is 1.96 bits per heavy atom. The summed E-state index contributed by atoms with van der Waals surface area (Å²) in [4.78, 5) is 66.6. The largest absolute Gasteiger partial charge is 0.490 e. The number of aromatic nitrogens is 1. The first-order valence-corrected chi connectivity index (χ1v) is 17.4. The fourth-order valence-electron chi connectivity index (χ4n) is 6.57. The van der Waals surface area contributed by atoms with E-state index in [1.165, 1.54) is 24.3 Å². The highest BCUT2D eigenvalue weighted by Gasteiger charge is 2.48. The van der Waals surface area contributed by atoms with Crippen molar-refractivity contribution in [2.75, 3.05) is 19.7 Å². The highest BCUT2D eigenvalue weighted by molar-refractivity contribution is 7.51. The lowest BCUT2D eigenvalue weighted by molar-refractivity contribution is -0.148. The van der Waals surface area contributed by atoms with Gasteiger partial charge < -0.3 is 29.6 Å². The lowest BCUT2D eigenvalue weighted by Gasteiger charge is -2.42. The van der Waals surface area contributed by atoms with Gasteiger partial charge in [-0.3, -0.25) is 23.9 Å². The molecule has 3 amide bonds. The molecule has 240 valence electrons. The molecule has 0 unspecified atom stereocenters. The van der Waals surface area contributed by atoms with Gasteiger partial charge >= 0.3 is 7.60 Å². The molecule has 3 aliphatic rings. The average Bonchev–Trinajstić information content (AvgIpc) is 3.57. The monoisotopic (exact) mass is 662 g/mol. The van der Waals surface area contributed by atoms with Crippen molar-refractivity contribution in [3.8, 4) is 5.75 Å². The van der Waals surface area contributed by atoms with Crippen LogP contribution in [0.1, 0.15) is 71.7 Å². The molecule has 5 heterocycles.